The number of hydrogen-bond acceptors (Lipinski definition) is 4. The summed E-state index contributed by atoms with van der Waals surface area (Å²) in [6.07, 6.45) is 2.01. The molecular weight excluding hydrogens is 284 g/mol. The third-order valence-electron chi connectivity index (χ3n) is 3.33. The van der Waals surface area contributed by atoms with Crippen molar-refractivity contribution in [2.45, 2.75) is 26.2 Å². The highest BCUT2D eigenvalue weighted by Gasteiger charge is 2.07. The monoisotopic (exact) mass is 304 g/mol. The van der Waals surface area contributed by atoms with Crippen molar-refractivity contribution in [3.05, 3.63) is 45.9 Å². The molecule has 2 aromatic rings. The van der Waals surface area contributed by atoms with Crippen molar-refractivity contribution < 1.29 is 9.53 Å². The van der Waals surface area contributed by atoms with Crippen LogP contribution >= 0.6 is 11.3 Å². The number of aromatic nitrogens is 1. The molecule has 4 nitrogen and oxygen atoms in total. The van der Waals surface area contributed by atoms with E-state index in [1.54, 1.807) is 18.4 Å². The van der Waals surface area contributed by atoms with E-state index in [2.05, 4.69) is 10.3 Å². The van der Waals surface area contributed by atoms with Crippen molar-refractivity contribution in [1.29, 1.82) is 0 Å². The zero-order chi connectivity index (χ0) is 15.1. The van der Waals surface area contributed by atoms with Gasteiger partial charge in [0.1, 0.15) is 5.75 Å². The minimum Gasteiger partial charge on any atom is -0.496 e. The van der Waals surface area contributed by atoms with E-state index in [1.165, 1.54) is 4.88 Å². The molecule has 0 saturated carbocycles. The minimum atomic E-state index is 0.0723. The first-order valence-electron chi connectivity index (χ1n) is 6.98. The minimum absolute atomic E-state index is 0.0723. The summed E-state index contributed by atoms with van der Waals surface area (Å²) in [4.78, 5) is 17.3. The molecule has 1 amide bonds. The standard InChI is InChI=1S/C16H20N2O2S/c1-12-15(21-11-18-12)9-10-17-16(19)8-7-13-5-3-4-6-14(13)20-2/h3-6,11H,7-10H2,1-2H3,(H,17,19). The number of benzene rings is 1. The molecule has 1 heterocycles. The highest BCUT2D eigenvalue weighted by Crippen LogP contribution is 2.18. The van der Waals surface area contributed by atoms with E-state index in [0.29, 0.717) is 19.4 Å². The van der Waals surface area contributed by atoms with Gasteiger partial charge in [-0.25, -0.2) is 4.98 Å². The number of nitrogens with zero attached hydrogens (tertiary/aromatic N) is 1. The van der Waals surface area contributed by atoms with Crippen LogP contribution in [0.15, 0.2) is 29.8 Å². The van der Waals surface area contributed by atoms with Crippen molar-refractivity contribution in [1.82, 2.24) is 10.3 Å². The second kappa shape index (κ2) is 7.78. The molecule has 0 bridgehead atoms. The second-order valence-corrected chi connectivity index (χ2v) is 5.71. The quantitative estimate of drug-likeness (QED) is 0.855. The largest absolute Gasteiger partial charge is 0.496 e. The van der Waals surface area contributed by atoms with Crippen LogP contribution in [0.4, 0.5) is 0 Å². The molecule has 0 atom stereocenters. The van der Waals surface area contributed by atoms with Gasteiger partial charge in [-0.15, -0.1) is 11.3 Å². The van der Waals surface area contributed by atoms with E-state index >= 15 is 0 Å². The van der Waals surface area contributed by atoms with E-state index < -0.39 is 0 Å². The number of ether oxygens (including phenoxy) is 1. The molecule has 1 aromatic carbocycles. The highest BCUT2D eigenvalue weighted by atomic mass is 32.1. The van der Waals surface area contributed by atoms with E-state index in [-0.39, 0.29) is 5.91 Å². The average Bonchev–Trinajstić information content (AvgIpc) is 2.91. The topological polar surface area (TPSA) is 51.2 Å². The maximum Gasteiger partial charge on any atom is 0.220 e. The maximum atomic E-state index is 11.9. The number of rotatable bonds is 7. The number of para-hydroxylation sites is 1. The number of thiazole rings is 1. The fourth-order valence-corrected chi connectivity index (χ4v) is 2.91. The molecule has 0 radical (unpaired) electrons. The van der Waals surface area contributed by atoms with Crippen molar-refractivity contribution in [3.8, 4) is 5.75 Å². The molecule has 0 saturated heterocycles. The number of carbonyl (C=O) groups is 1. The molecule has 0 aliphatic carbocycles. The lowest BCUT2D eigenvalue weighted by Gasteiger charge is -2.08. The van der Waals surface area contributed by atoms with E-state index in [0.717, 1.165) is 23.4 Å². The van der Waals surface area contributed by atoms with Gasteiger partial charge in [-0.2, -0.15) is 0 Å². The Hall–Kier alpha value is -1.88. The van der Waals surface area contributed by atoms with Gasteiger partial charge >= 0.3 is 0 Å². The smallest absolute Gasteiger partial charge is 0.220 e. The lowest BCUT2D eigenvalue weighted by molar-refractivity contribution is -0.121. The van der Waals surface area contributed by atoms with Gasteiger partial charge in [-0.3, -0.25) is 4.79 Å². The Balaban J connectivity index is 1.74. The molecule has 112 valence electrons. The van der Waals surface area contributed by atoms with Crippen LogP contribution < -0.4 is 10.1 Å². The lowest BCUT2D eigenvalue weighted by atomic mass is 10.1. The van der Waals surface area contributed by atoms with Gasteiger partial charge in [0, 0.05) is 24.3 Å². The molecule has 0 spiro atoms. The summed E-state index contributed by atoms with van der Waals surface area (Å²) in [6, 6.07) is 7.80. The molecule has 2 rings (SSSR count). The number of methoxy groups -OCH3 is 1. The van der Waals surface area contributed by atoms with Gasteiger partial charge in [0.05, 0.1) is 18.3 Å². The molecule has 0 fully saturated rings. The second-order valence-electron chi connectivity index (χ2n) is 4.77. The van der Waals surface area contributed by atoms with E-state index in [9.17, 15) is 4.79 Å². The summed E-state index contributed by atoms with van der Waals surface area (Å²) < 4.78 is 5.28. The van der Waals surface area contributed by atoms with Crippen molar-refractivity contribution in [3.63, 3.8) is 0 Å². The number of aryl methyl sites for hydroxylation is 2. The van der Waals surface area contributed by atoms with Crippen LogP contribution in [0.5, 0.6) is 5.75 Å². The Morgan fingerprint density at radius 3 is 2.86 bits per heavy atom. The fourth-order valence-electron chi connectivity index (χ4n) is 2.13. The van der Waals surface area contributed by atoms with Gasteiger partial charge < -0.3 is 10.1 Å². The Morgan fingerprint density at radius 2 is 2.14 bits per heavy atom. The summed E-state index contributed by atoms with van der Waals surface area (Å²) in [5, 5.41) is 2.96. The third-order valence-corrected chi connectivity index (χ3v) is 4.33. The normalized spacial score (nSPS) is 10.4. The molecule has 0 aliphatic heterocycles. The lowest BCUT2D eigenvalue weighted by Crippen LogP contribution is -2.25. The number of amides is 1. The molecule has 5 heteroatoms. The third kappa shape index (κ3) is 4.56. The number of hydrogen-bond donors (Lipinski definition) is 1. The number of nitrogens with one attached hydrogen (secondary N) is 1. The Morgan fingerprint density at radius 1 is 1.33 bits per heavy atom. The first kappa shape index (κ1) is 15.5. The first-order chi connectivity index (χ1) is 10.2. The fraction of sp³-hybridized carbons (Fsp3) is 0.375. The molecular formula is C16H20N2O2S. The van der Waals surface area contributed by atoms with E-state index in [1.807, 2.05) is 36.7 Å². The van der Waals surface area contributed by atoms with Gasteiger partial charge in [-0.05, 0) is 25.0 Å². The summed E-state index contributed by atoms with van der Waals surface area (Å²) in [7, 11) is 1.65. The van der Waals surface area contributed by atoms with Gasteiger partial charge in [-0.1, -0.05) is 18.2 Å². The van der Waals surface area contributed by atoms with E-state index in [4.69, 9.17) is 4.74 Å². The van der Waals surface area contributed by atoms with Crippen molar-refractivity contribution >= 4 is 17.2 Å². The van der Waals surface area contributed by atoms with Crippen LogP contribution in [-0.2, 0) is 17.6 Å². The molecule has 0 unspecified atom stereocenters. The average molecular weight is 304 g/mol. The van der Waals surface area contributed by atoms with Crippen LogP contribution in [0.25, 0.3) is 0 Å². The SMILES string of the molecule is COc1ccccc1CCC(=O)NCCc1scnc1C. The summed E-state index contributed by atoms with van der Waals surface area (Å²) in [5.41, 5.74) is 3.96. The van der Waals surface area contributed by atoms with Crippen molar-refractivity contribution in [2.24, 2.45) is 0 Å². The molecule has 1 aromatic heterocycles. The van der Waals surface area contributed by atoms with Crippen LogP contribution in [0.1, 0.15) is 22.6 Å². The molecule has 1 N–H and O–H groups in total. The maximum absolute atomic E-state index is 11.9. The summed E-state index contributed by atoms with van der Waals surface area (Å²) in [5.74, 6) is 0.911. The summed E-state index contributed by atoms with van der Waals surface area (Å²) in [6.45, 7) is 2.66. The van der Waals surface area contributed by atoms with Crippen LogP contribution in [0.2, 0.25) is 0 Å². The van der Waals surface area contributed by atoms with Crippen molar-refractivity contribution in [2.75, 3.05) is 13.7 Å². The predicted octanol–water partition coefficient (Wildman–Crippen LogP) is 2.75. The number of carbonyl (C=O) groups excluding carboxylic acids is 1. The Bertz CT molecular complexity index is 595. The first-order valence-corrected chi connectivity index (χ1v) is 7.86. The summed E-state index contributed by atoms with van der Waals surface area (Å²) >= 11 is 1.64. The van der Waals surface area contributed by atoms with Gasteiger partial charge in [0.2, 0.25) is 5.91 Å². The Kier molecular flexibility index (Phi) is 5.75. The van der Waals surface area contributed by atoms with Crippen LogP contribution in [-0.4, -0.2) is 24.5 Å². The molecule has 0 aliphatic rings. The molecule has 21 heavy (non-hydrogen) atoms. The van der Waals surface area contributed by atoms with Crippen LogP contribution in [0, 0.1) is 6.92 Å². The van der Waals surface area contributed by atoms with Crippen LogP contribution in [0.3, 0.4) is 0 Å². The zero-order valence-corrected chi connectivity index (χ0v) is 13.2. The van der Waals surface area contributed by atoms with Gasteiger partial charge in [0.15, 0.2) is 0 Å². The Labute approximate surface area is 129 Å². The zero-order valence-electron chi connectivity index (χ0n) is 12.4. The highest BCUT2D eigenvalue weighted by molar-refractivity contribution is 7.09. The predicted molar refractivity (Wildman–Crippen MR) is 84.9 cm³/mol. The van der Waals surface area contributed by atoms with Gasteiger partial charge in [0.25, 0.3) is 0 Å².